The lowest BCUT2D eigenvalue weighted by Gasteiger charge is -2.23. The van der Waals surface area contributed by atoms with Gasteiger partial charge in [-0.2, -0.15) is 0 Å². The molecule has 106 valence electrons. The molecule has 0 aromatic heterocycles. The summed E-state index contributed by atoms with van der Waals surface area (Å²) in [4.78, 5) is 12.8. The van der Waals surface area contributed by atoms with Gasteiger partial charge in [0.1, 0.15) is 0 Å². The fourth-order valence-corrected chi connectivity index (χ4v) is 2.92. The highest BCUT2D eigenvalue weighted by Gasteiger charge is 2.20. The highest BCUT2D eigenvalue weighted by molar-refractivity contribution is 7.91. The molecule has 0 aliphatic carbocycles. The Bertz CT molecular complexity index is 554. The van der Waals surface area contributed by atoms with E-state index in [1.165, 1.54) is 0 Å². The summed E-state index contributed by atoms with van der Waals surface area (Å²) in [5.41, 5.74) is 0.539. The summed E-state index contributed by atoms with van der Waals surface area (Å²) in [6.45, 7) is 3.44. The Morgan fingerprint density at radius 1 is 1.37 bits per heavy atom. The summed E-state index contributed by atoms with van der Waals surface area (Å²) >= 11 is 0. The topological polar surface area (TPSA) is 74.7 Å². The highest BCUT2D eigenvalue weighted by Crippen LogP contribution is 2.25. The molecule has 19 heavy (non-hydrogen) atoms. The van der Waals surface area contributed by atoms with Gasteiger partial charge in [0, 0.05) is 13.6 Å². The van der Waals surface area contributed by atoms with Gasteiger partial charge in [-0.1, -0.05) is 26.0 Å². The third kappa shape index (κ3) is 3.70. The van der Waals surface area contributed by atoms with Gasteiger partial charge in [-0.05, 0) is 12.1 Å². The molecule has 0 amide bonds. The van der Waals surface area contributed by atoms with Crippen molar-refractivity contribution >= 4 is 21.5 Å². The number of rotatable bonds is 6. The van der Waals surface area contributed by atoms with E-state index in [4.69, 9.17) is 5.11 Å². The van der Waals surface area contributed by atoms with Crippen molar-refractivity contribution in [2.24, 2.45) is 5.92 Å². The van der Waals surface area contributed by atoms with Crippen molar-refractivity contribution in [1.82, 2.24) is 0 Å². The maximum atomic E-state index is 12.0. The van der Waals surface area contributed by atoms with E-state index in [1.807, 2.05) is 0 Å². The number of carbonyl (C=O) groups is 1. The maximum Gasteiger partial charge on any atom is 0.308 e. The van der Waals surface area contributed by atoms with Crippen LogP contribution in [0, 0.1) is 5.92 Å². The van der Waals surface area contributed by atoms with E-state index < -0.39 is 21.7 Å². The molecule has 0 heterocycles. The fourth-order valence-electron chi connectivity index (χ4n) is 1.78. The van der Waals surface area contributed by atoms with E-state index in [0.29, 0.717) is 5.69 Å². The van der Waals surface area contributed by atoms with Crippen molar-refractivity contribution in [3.63, 3.8) is 0 Å². The van der Waals surface area contributed by atoms with Crippen LogP contribution in [0.1, 0.15) is 13.8 Å². The van der Waals surface area contributed by atoms with Gasteiger partial charge < -0.3 is 10.0 Å². The number of aliphatic carboxylic acids is 1. The Labute approximate surface area is 113 Å². The van der Waals surface area contributed by atoms with E-state index in [9.17, 15) is 13.2 Å². The summed E-state index contributed by atoms with van der Waals surface area (Å²) in [6, 6.07) is 6.65. The second kappa shape index (κ2) is 6.06. The smallest absolute Gasteiger partial charge is 0.308 e. The molecule has 5 nitrogen and oxygen atoms in total. The minimum Gasteiger partial charge on any atom is -0.481 e. The number of benzene rings is 1. The molecule has 0 bridgehead atoms. The van der Waals surface area contributed by atoms with Crippen LogP contribution in [-0.2, 0) is 14.6 Å². The standard InChI is InChI=1S/C13H19NO4S/c1-4-19(17,18)12-8-6-5-7-11(12)14(3)9-10(2)13(15)16/h5-8,10H,4,9H2,1-3H3,(H,15,16)/t10-/m0/s1. The number of anilines is 1. The number of para-hydroxylation sites is 1. The van der Waals surface area contributed by atoms with Crippen molar-refractivity contribution in [3.8, 4) is 0 Å². The van der Waals surface area contributed by atoms with Crippen molar-refractivity contribution in [2.45, 2.75) is 18.7 Å². The lowest BCUT2D eigenvalue weighted by molar-refractivity contribution is -0.140. The molecule has 0 spiro atoms. The van der Waals surface area contributed by atoms with Crippen LogP contribution in [0.5, 0.6) is 0 Å². The Kier molecular flexibility index (Phi) is 4.94. The fraction of sp³-hybridized carbons (Fsp3) is 0.462. The van der Waals surface area contributed by atoms with Crippen molar-refractivity contribution < 1.29 is 18.3 Å². The summed E-state index contributed by atoms with van der Waals surface area (Å²) in [5.74, 6) is -1.45. The van der Waals surface area contributed by atoms with Crippen LogP contribution < -0.4 is 4.90 Å². The van der Waals surface area contributed by atoms with E-state index in [1.54, 1.807) is 50.1 Å². The van der Waals surface area contributed by atoms with Crippen LogP contribution in [0.25, 0.3) is 0 Å². The first-order chi connectivity index (χ1) is 8.79. The predicted molar refractivity (Wildman–Crippen MR) is 74.2 cm³/mol. The number of hydrogen-bond acceptors (Lipinski definition) is 4. The molecule has 0 radical (unpaired) electrons. The average Bonchev–Trinajstić information content (AvgIpc) is 2.38. The molecule has 1 rings (SSSR count). The molecule has 1 aromatic carbocycles. The highest BCUT2D eigenvalue weighted by atomic mass is 32.2. The Morgan fingerprint density at radius 3 is 2.47 bits per heavy atom. The van der Waals surface area contributed by atoms with Gasteiger partial charge in [0.25, 0.3) is 0 Å². The lowest BCUT2D eigenvalue weighted by Crippen LogP contribution is -2.29. The second-order valence-corrected chi connectivity index (χ2v) is 6.74. The summed E-state index contributed by atoms with van der Waals surface area (Å²) < 4.78 is 24.0. The molecule has 1 aromatic rings. The van der Waals surface area contributed by atoms with Gasteiger partial charge in [-0.25, -0.2) is 8.42 Å². The zero-order valence-corrected chi connectivity index (χ0v) is 12.1. The Balaban J connectivity index is 3.11. The first kappa shape index (κ1) is 15.5. The van der Waals surface area contributed by atoms with E-state index >= 15 is 0 Å². The maximum absolute atomic E-state index is 12.0. The molecule has 0 aliphatic rings. The third-order valence-electron chi connectivity index (χ3n) is 2.96. The summed E-state index contributed by atoms with van der Waals surface area (Å²) in [5, 5.41) is 8.91. The van der Waals surface area contributed by atoms with Gasteiger partial charge >= 0.3 is 5.97 Å². The quantitative estimate of drug-likeness (QED) is 0.860. The zero-order chi connectivity index (χ0) is 14.6. The molecule has 0 saturated carbocycles. The first-order valence-electron chi connectivity index (χ1n) is 6.05. The van der Waals surface area contributed by atoms with Crippen molar-refractivity contribution in [1.29, 1.82) is 0 Å². The van der Waals surface area contributed by atoms with Gasteiger partial charge in [0.05, 0.1) is 22.3 Å². The van der Waals surface area contributed by atoms with Gasteiger partial charge in [-0.15, -0.1) is 0 Å². The van der Waals surface area contributed by atoms with E-state index in [-0.39, 0.29) is 17.2 Å². The molecule has 1 N–H and O–H groups in total. The van der Waals surface area contributed by atoms with Crippen LogP contribution in [-0.4, -0.2) is 38.8 Å². The van der Waals surface area contributed by atoms with Crippen LogP contribution in [0.2, 0.25) is 0 Å². The molecule has 0 aliphatic heterocycles. The van der Waals surface area contributed by atoms with Crippen LogP contribution in [0.15, 0.2) is 29.2 Å². The Hall–Kier alpha value is -1.56. The number of carboxylic acid groups (broad SMARTS) is 1. The van der Waals surface area contributed by atoms with Crippen LogP contribution >= 0.6 is 0 Å². The predicted octanol–water partition coefficient (Wildman–Crippen LogP) is 1.64. The number of carboxylic acids is 1. The molecular weight excluding hydrogens is 266 g/mol. The average molecular weight is 285 g/mol. The van der Waals surface area contributed by atoms with Gasteiger partial charge in [0.2, 0.25) is 0 Å². The monoisotopic (exact) mass is 285 g/mol. The largest absolute Gasteiger partial charge is 0.481 e. The van der Waals surface area contributed by atoms with Crippen molar-refractivity contribution in [2.75, 3.05) is 24.2 Å². The van der Waals surface area contributed by atoms with Crippen LogP contribution in [0.3, 0.4) is 0 Å². The zero-order valence-electron chi connectivity index (χ0n) is 11.3. The summed E-state index contributed by atoms with van der Waals surface area (Å²) in [6.07, 6.45) is 0. The molecular formula is C13H19NO4S. The second-order valence-electron chi connectivity index (χ2n) is 4.49. The lowest BCUT2D eigenvalue weighted by atomic mass is 10.1. The minimum absolute atomic E-state index is 0.0202. The van der Waals surface area contributed by atoms with E-state index in [0.717, 1.165) is 0 Å². The van der Waals surface area contributed by atoms with Crippen LogP contribution in [0.4, 0.5) is 5.69 Å². The third-order valence-corrected chi connectivity index (χ3v) is 4.74. The first-order valence-corrected chi connectivity index (χ1v) is 7.70. The molecule has 0 fully saturated rings. The molecule has 1 atom stereocenters. The molecule has 0 unspecified atom stereocenters. The Morgan fingerprint density at radius 2 is 1.95 bits per heavy atom. The molecule has 0 saturated heterocycles. The van der Waals surface area contributed by atoms with E-state index in [2.05, 4.69) is 0 Å². The SMILES string of the molecule is CCS(=O)(=O)c1ccccc1N(C)C[C@H](C)C(=O)O. The number of hydrogen-bond donors (Lipinski definition) is 1. The molecule has 6 heteroatoms. The minimum atomic E-state index is -3.32. The number of sulfone groups is 1. The normalized spacial score (nSPS) is 13.0. The number of nitrogens with zero attached hydrogens (tertiary/aromatic N) is 1. The van der Waals surface area contributed by atoms with Crippen molar-refractivity contribution in [3.05, 3.63) is 24.3 Å². The van der Waals surface area contributed by atoms with Gasteiger partial charge in [-0.3, -0.25) is 4.79 Å². The summed E-state index contributed by atoms with van der Waals surface area (Å²) in [7, 11) is -1.62. The van der Waals surface area contributed by atoms with Gasteiger partial charge in [0.15, 0.2) is 9.84 Å².